The fourth-order valence-electron chi connectivity index (χ4n) is 4.27. The first kappa shape index (κ1) is 27.5. The maximum atomic E-state index is 13.1. The molecule has 0 saturated heterocycles. The Hall–Kier alpha value is -3.52. The van der Waals surface area contributed by atoms with Crippen LogP contribution in [0.3, 0.4) is 0 Å². The molecule has 0 spiro atoms. The molecule has 0 radical (unpaired) electrons. The number of hydrogen-bond donors (Lipinski definition) is 3. The van der Waals surface area contributed by atoms with Gasteiger partial charge in [-0.3, -0.25) is 18.8 Å². The second-order valence-corrected chi connectivity index (χ2v) is 10.1. The normalized spacial score (nSPS) is 18.5. The fraction of sp³-hybridized carbons (Fsp3) is 0.542. The number of carbonyl (C=O) groups excluding carboxylic acids is 1. The van der Waals surface area contributed by atoms with Gasteiger partial charge in [-0.25, -0.2) is 9.97 Å². The Morgan fingerprint density at radius 2 is 1.89 bits per heavy atom. The molecule has 3 aromatic rings. The minimum absolute atomic E-state index is 0.0363. The number of carbonyl (C=O) groups is 1. The lowest BCUT2D eigenvalue weighted by molar-refractivity contribution is -0.137. The third-order valence-corrected chi connectivity index (χ3v) is 6.17. The molecule has 4 rings (SSSR count). The molecule has 3 N–H and O–H groups in total. The molecular weight excluding hydrogens is 507 g/mol. The molecule has 206 valence electrons. The topological polar surface area (TPSA) is 136 Å². The Morgan fingerprint density at radius 1 is 1.18 bits per heavy atom. The van der Waals surface area contributed by atoms with E-state index in [9.17, 15) is 27.9 Å². The van der Waals surface area contributed by atoms with Gasteiger partial charge in [0, 0.05) is 19.3 Å². The number of nitrogens with one attached hydrogen (secondary N) is 2. The lowest BCUT2D eigenvalue weighted by Crippen LogP contribution is -2.42. The van der Waals surface area contributed by atoms with Crippen molar-refractivity contribution in [3.63, 3.8) is 0 Å². The lowest BCUT2D eigenvalue weighted by Gasteiger charge is -2.30. The molecule has 11 nitrogen and oxygen atoms in total. The minimum atomic E-state index is -4.51. The molecule has 3 aromatic heterocycles. The standard InChI is InChI=1S/C24H30F3N7O4/c1-23(2,37)12-38-16-7-5-15(6-8-16)30-18(35)11-34-13-29-19-20(22(34)36)33(3)32-21(19)31-17-9-4-14(10-28-17)24(25,26)27/h4,9-10,13,15-16,37H,5-8,11-12H2,1-3H3,(H,30,35)(H,28,31,32). The molecule has 1 fully saturated rings. The van der Waals surface area contributed by atoms with Gasteiger partial charge >= 0.3 is 6.18 Å². The van der Waals surface area contributed by atoms with Crippen LogP contribution in [0.5, 0.6) is 0 Å². The molecule has 0 aliphatic heterocycles. The van der Waals surface area contributed by atoms with Gasteiger partial charge in [0.25, 0.3) is 5.56 Å². The van der Waals surface area contributed by atoms with Gasteiger partial charge in [0.05, 0.1) is 30.2 Å². The predicted molar refractivity (Wildman–Crippen MR) is 132 cm³/mol. The summed E-state index contributed by atoms with van der Waals surface area (Å²) < 4.78 is 46.5. The van der Waals surface area contributed by atoms with Crippen LogP contribution in [0.15, 0.2) is 29.5 Å². The molecule has 0 aromatic carbocycles. The van der Waals surface area contributed by atoms with Crippen molar-refractivity contribution in [2.45, 2.75) is 70.0 Å². The van der Waals surface area contributed by atoms with Gasteiger partial charge in [-0.05, 0) is 51.7 Å². The number of amides is 1. The van der Waals surface area contributed by atoms with Gasteiger partial charge in [0.2, 0.25) is 5.91 Å². The average Bonchev–Trinajstić information content (AvgIpc) is 3.15. The van der Waals surface area contributed by atoms with Crippen LogP contribution in [0.2, 0.25) is 0 Å². The Kier molecular flexibility index (Phi) is 7.74. The van der Waals surface area contributed by atoms with E-state index in [-0.39, 0.29) is 53.9 Å². The summed E-state index contributed by atoms with van der Waals surface area (Å²) in [5, 5.41) is 19.7. The molecule has 1 aliphatic carbocycles. The molecule has 0 atom stereocenters. The molecule has 1 amide bonds. The number of halogens is 3. The van der Waals surface area contributed by atoms with Crippen LogP contribution in [0.1, 0.15) is 45.1 Å². The van der Waals surface area contributed by atoms with E-state index in [1.54, 1.807) is 13.8 Å². The number of hydrogen-bond acceptors (Lipinski definition) is 8. The summed E-state index contributed by atoms with van der Waals surface area (Å²) in [6, 6.07) is 2.00. The van der Waals surface area contributed by atoms with E-state index >= 15 is 0 Å². The van der Waals surface area contributed by atoms with E-state index in [0.717, 1.165) is 37.8 Å². The molecule has 3 heterocycles. The van der Waals surface area contributed by atoms with Crippen LogP contribution in [-0.2, 0) is 29.3 Å². The SMILES string of the molecule is Cn1nc(Nc2ccc(C(F)(F)F)cn2)c2ncn(CC(=O)NC3CCC(OCC(C)(C)O)CC3)c(=O)c21. The Labute approximate surface area is 216 Å². The predicted octanol–water partition coefficient (Wildman–Crippen LogP) is 2.50. The van der Waals surface area contributed by atoms with E-state index in [2.05, 4.69) is 25.7 Å². The largest absolute Gasteiger partial charge is 0.417 e. The second kappa shape index (κ2) is 10.7. The quantitative estimate of drug-likeness (QED) is 0.399. The summed E-state index contributed by atoms with van der Waals surface area (Å²) in [6.45, 7) is 3.39. The maximum absolute atomic E-state index is 13.1. The summed E-state index contributed by atoms with van der Waals surface area (Å²) in [5.74, 6) is -0.0841. The van der Waals surface area contributed by atoms with Crippen molar-refractivity contribution in [2.75, 3.05) is 11.9 Å². The fourth-order valence-corrected chi connectivity index (χ4v) is 4.27. The number of ether oxygens (including phenoxy) is 1. The van der Waals surface area contributed by atoms with Gasteiger partial charge < -0.3 is 20.5 Å². The Bertz CT molecular complexity index is 1340. The van der Waals surface area contributed by atoms with Crippen molar-refractivity contribution in [3.05, 3.63) is 40.6 Å². The van der Waals surface area contributed by atoms with Crippen LogP contribution in [0, 0.1) is 0 Å². The maximum Gasteiger partial charge on any atom is 0.417 e. The summed E-state index contributed by atoms with van der Waals surface area (Å²) in [6.07, 6.45) is 0.426. The van der Waals surface area contributed by atoms with Crippen LogP contribution in [0.25, 0.3) is 11.0 Å². The van der Waals surface area contributed by atoms with Gasteiger partial charge in [-0.15, -0.1) is 0 Å². The van der Waals surface area contributed by atoms with Gasteiger partial charge in [-0.2, -0.15) is 18.3 Å². The number of rotatable bonds is 8. The van der Waals surface area contributed by atoms with E-state index < -0.39 is 22.9 Å². The molecule has 14 heteroatoms. The molecule has 1 saturated carbocycles. The van der Waals surface area contributed by atoms with Crippen molar-refractivity contribution in [1.82, 2.24) is 29.6 Å². The lowest BCUT2D eigenvalue weighted by atomic mass is 9.93. The summed E-state index contributed by atoms with van der Waals surface area (Å²) in [4.78, 5) is 33.7. The van der Waals surface area contributed by atoms with Crippen molar-refractivity contribution < 1.29 is 27.8 Å². The first-order chi connectivity index (χ1) is 17.8. The first-order valence-electron chi connectivity index (χ1n) is 12.2. The van der Waals surface area contributed by atoms with E-state index in [4.69, 9.17) is 4.74 Å². The highest BCUT2D eigenvalue weighted by Gasteiger charge is 2.31. The zero-order valence-corrected chi connectivity index (χ0v) is 21.2. The molecule has 38 heavy (non-hydrogen) atoms. The smallest absolute Gasteiger partial charge is 0.388 e. The minimum Gasteiger partial charge on any atom is -0.388 e. The number of anilines is 2. The highest BCUT2D eigenvalue weighted by Crippen LogP contribution is 2.29. The van der Waals surface area contributed by atoms with Crippen LogP contribution in [-0.4, -0.2) is 59.7 Å². The molecule has 0 unspecified atom stereocenters. The van der Waals surface area contributed by atoms with Crippen molar-refractivity contribution in [3.8, 4) is 0 Å². The van der Waals surface area contributed by atoms with E-state index in [1.165, 1.54) is 22.6 Å². The summed E-state index contributed by atoms with van der Waals surface area (Å²) in [7, 11) is 1.53. The average molecular weight is 538 g/mol. The van der Waals surface area contributed by atoms with Gasteiger partial charge in [0.1, 0.15) is 17.9 Å². The monoisotopic (exact) mass is 537 g/mol. The van der Waals surface area contributed by atoms with Gasteiger partial charge in [0.15, 0.2) is 11.3 Å². The third kappa shape index (κ3) is 6.67. The number of alkyl halides is 3. The third-order valence-electron chi connectivity index (χ3n) is 6.17. The van der Waals surface area contributed by atoms with Crippen molar-refractivity contribution in [2.24, 2.45) is 7.05 Å². The highest BCUT2D eigenvalue weighted by atomic mass is 19.4. The number of fused-ring (bicyclic) bond motifs is 1. The van der Waals surface area contributed by atoms with E-state index in [0.29, 0.717) is 6.20 Å². The Morgan fingerprint density at radius 3 is 2.50 bits per heavy atom. The number of aryl methyl sites for hydroxylation is 1. The molecule has 1 aliphatic rings. The summed E-state index contributed by atoms with van der Waals surface area (Å²) in [5.41, 5.74) is -1.95. The number of pyridine rings is 1. The number of nitrogens with zero attached hydrogens (tertiary/aromatic N) is 5. The summed E-state index contributed by atoms with van der Waals surface area (Å²) >= 11 is 0. The van der Waals surface area contributed by atoms with Gasteiger partial charge in [-0.1, -0.05) is 0 Å². The number of aliphatic hydroxyl groups is 1. The first-order valence-corrected chi connectivity index (χ1v) is 12.2. The second-order valence-electron chi connectivity index (χ2n) is 10.1. The highest BCUT2D eigenvalue weighted by molar-refractivity contribution is 5.87. The van der Waals surface area contributed by atoms with Crippen molar-refractivity contribution >= 4 is 28.6 Å². The van der Waals surface area contributed by atoms with Crippen molar-refractivity contribution in [1.29, 1.82) is 0 Å². The molecular formula is C24H30F3N7O4. The zero-order valence-electron chi connectivity index (χ0n) is 21.2. The Balaban J connectivity index is 1.38. The van der Waals surface area contributed by atoms with Crippen LogP contribution in [0.4, 0.5) is 24.8 Å². The van der Waals surface area contributed by atoms with E-state index in [1.807, 2.05) is 0 Å². The molecule has 0 bridgehead atoms. The number of aromatic nitrogens is 5. The van der Waals surface area contributed by atoms with Crippen LogP contribution < -0.4 is 16.2 Å². The zero-order chi connectivity index (χ0) is 27.7. The van der Waals surface area contributed by atoms with Crippen LogP contribution >= 0.6 is 0 Å².